The highest BCUT2D eigenvalue weighted by atomic mass is 14.9. The molecule has 3 nitrogen and oxygen atoms in total. The van der Waals surface area contributed by atoms with Gasteiger partial charge in [0.2, 0.25) is 0 Å². The number of nitrogens with zero attached hydrogens (tertiary/aromatic N) is 2. The number of piperidine rings is 1. The first-order chi connectivity index (χ1) is 8.79. The third-order valence-corrected chi connectivity index (χ3v) is 4.32. The Hall–Kier alpha value is -1.48. The predicted octanol–water partition coefficient (Wildman–Crippen LogP) is 2.33. The van der Waals surface area contributed by atoms with Crippen LogP contribution >= 0.6 is 0 Å². The van der Waals surface area contributed by atoms with Crippen LogP contribution in [0.5, 0.6) is 0 Å². The Labute approximate surface area is 107 Å². The molecule has 0 radical (unpaired) electrons. The quantitative estimate of drug-likeness (QED) is 0.766. The van der Waals surface area contributed by atoms with Gasteiger partial charge < -0.3 is 5.32 Å². The zero-order valence-corrected chi connectivity index (χ0v) is 10.6. The molecule has 4 rings (SSSR count). The second kappa shape index (κ2) is 3.75. The molecule has 2 aliphatic rings. The van der Waals surface area contributed by atoms with Gasteiger partial charge in [-0.2, -0.15) is 0 Å². The van der Waals surface area contributed by atoms with Crippen molar-refractivity contribution in [1.82, 2.24) is 15.3 Å². The average molecular weight is 239 g/mol. The molecule has 1 saturated heterocycles. The molecule has 1 fully saturated rings. The molecule has 2 unspecified atom stereocenters. The van der Waals surface area contributed by atoms with E-state index in [9.17, 15) is 0 Å². The molecule has 92 valence electrons. The maximum atomic E-state index is 4.59. The highest BCUT2D eigenvalue weighted by Gasteiger charge is 2.30. The lowest BCUT2D eigenvalue weighted by atomic mass is 9.76. The SMILES string of the molecule is Cc1cnc2cc3c(cc2n1)CC1CC3CCN1. The molecule has 2 bridgehead atoms. The highest BCUT2D eigenvalue weighted by molar-refractivity contribution is 5.76. The van der Waals surface area contributed by atoms with Crippen molar-refractivity contribution in [3.05, 3.63) is 35.2 Å². The van der Waals surface area contributed by atoms with Crippen LogP contribution in [0.3, 0.4) is 0 Å². The summed E-state index contributed by atoms with van der Waals surface area (Å²) >= 11 is 0. The van der Waals surface area contributed by atoms with Crippen molar-refractivity contribution in [2.24, 2.45) is 0 Å². The van der Waals surface area contributed by atoms with E-state index in [0.29, 0.717) is 6.04 Å². The van der Waals surface area contributed by atoms with Crippen LogP contribution in [0.2, 0.25) is 0 Å². The summed E-state index contributed by atoms with van der Waals surface area (Å²) in [5, 5.41) is 3.61. The van der Waals surface area contributed by atoms with E-state index >= 15 is 0 Å². The maximum absolute atomic E-state index is 4.59. The second-order valence-electron chi connectivity index (χ2n) is 5.63. The molecule has 1 aliphatic carbocycles. The molecule has 2 aromatic rings. The molecule has 1 N–H and O–H groups in total. The van der Waals surface area contributed by atoms with Gasteiger partial charge in [0.05, 0.1) is 16.7 Å². The van der Waals surface area contributed by atoms with E-state index in [1.165, 1.54) is 24.0 Å². The van der Waals surface area contributed by atoms with E-state index in [2.05, 4.69) is 27.4 Å². The monoisotopic (exact) mass is 239 g/mol. The molecule has 3 heteroatoms. The standard InChI is InChI=1S/C15H17N3/c1-9-8-17-14-7-13-10-2-3-16-12(4-10)5-11(13)6-15(14)18-9/h6-8,10,12,16H,2-5H2,1H3. The fourth-order valence-electron chi connectivity index (χ4n) is 3.48. The molecule has 2 heterocycles. The van der Waals surface area contributed by atoms with Gasteiger partial charge in [0.15, 0.2) is 0 Å². The van der Waals surface area contributed by atoms with Gasteiger partial charge in [-0.15, -0.1) is 0 Å². The third-order valence-electron chi connectivity index (χ3n) is 4.32. The maximum Gasteiger partial charge on any atom is 0.0892 e. The van der Waals surface area contributed by atoms with Gasteiger partial charge in [-0.3, -0.25) is 4.98 Å². The zero-order chi connectivity index (χ0) is 12.1. The van der Waals surface area contributed by atoms with Crippen LogP contribution in [0.15, 0.2) is 18.3 Å². The van der Waals surface area contributed by atoms with Crippen molar-refractivity contribution >= 4 is 11.0 Å². The molecule has 1 aromatic heterocycles. The van der Waals surface area contributed by atoms with Crippen LogP contribution in [0.1, 0.15) is 35.6 Å². The smallest absolute Gasteiger partial charge is 0.0892 e. The number of hydrogen-bond acceptors (Lipinski definition) is 3. The first-order valence-corrected chi connectivity index (χ1v) is 6.79. The minimum absolute atomic E-state index is 0.673. The zero-order valence-electron chi connectivity index (χ0n) is 10.6. The summed E-state index contributed by atoms with van der Waals surface area (Å²) in [5.74, 6) is 0.729. The van der Waals surface area contributed by atoms with Crippen molar-refractivity contribution in [2.45, 2.75) is 38.1 Å². The third kappa shape index (κ3) is 1.54. The van der Waals surface area contributed by atoms with Crippen LogP contribution in [0, 0.1) is 6.92 Å². The molecule has 0 saturated carbocycles. The van der Waals surface area contributed by atoms with Crippen molar-refractivity contribution in [3.8, 4) is 0 Å². The Kier molecular flexibility index (Phi) is 2.18. The Balaban J connectivity index is 1.92. The lowest BCUT2D eigenvalue weighted by molar-refractivity contribution is 0.339. The number of aromatic nitrogens is 2. The van der Waals surface area contributed by atoms with Gasteiger partial charge in [0.1, 0.15) is 0 Å². The minimum Gasteiger partial charge on any atom is -0.314 e. The molecule has 0 spiro atoms. The predicted molar refractivity (Wildman–Crippen MR) is 71.7 cm³/mol. The van der Waals surface area contributed by atoms with E-state index in [4.69, 9.17) is 0 Å². The second-order valence-corrected chi connectivity index (χ2v) is 5.63. The van der Waals surface area contributed by atoms with Crippen molar-refractivity contribution in [1.29, 1.82) is 0 Å². The Morgan fingerprint density at radius 3 is 3.17 bits per heavy atom. The molecule has 2 atom stereocenters. The molecular formula is C15H17N3. The molecule has 18 heavy (non-hydrogen) atoms. The van der Waals surface area contributed by atoms with E-state index in [0.717, 1.165) is 35.6 Å². The number of hydrogen-bond donors (Lipinski definition) is 1. The van der Waals surface area contributed by atoms with Crippen LogP contribution in [0.25, 0.3) is 11.0 Å². The van der Waals surface area contributed by atoms with Gasteiger partial charge in [-0.05, 0) is 61.9 Å². The fraction of sp³-hybridized carbons (Fsp3) is 0.467. The Morgan fingerprint density at radius 1 is 1.28 bits per heavy atom. The largest absolute Gasteiger partial charge is 0.314 e. The summed E-state index contributed by atoms with van der Waals surface area (Å²) in [4.78, 5) is 9.11. The summed E-state index contributed by atoms with van der Waals surface area (Å²) in [7, 11) is 0. The van der Waals surface area contributed by atoms with E-state index < -0.39 is 0 Å². The van der Waals surface area contributed by atoms with Crippen LogP contribution in [-0.4, -0.2) is 22.6 Å². The van der Waals surface area contributed by atoms with Crippen LogP contribution in [0.4, 0.5) is 0 Å². The number of fused-ring (bicyclic) bond motifs is 5. The highest BCUT2D eigenvalue weighted by Crippen LogP contribution is 2.37. The number of nitrogens with one attached hydrogen (secondary N) is 1. The Morgan fingerprint density at radius 2 is 2.22 bits per heavy atom. The van der Waals surface area contributed by atoms with E-state index in [1.807, 2.05) is 13.1 Å². The number of aryl methyl sites for hydroxylation is 1. The van der Waals surface area contributed by atoms with Crippen molar-refractivity contribution in [2.75, 3.05) is 6.54 Å². The first kappa shape index (κ1) is 10.4. The van der Waals surface area contributed by atoms with Gasteiger partial charge in [-0.25, -0.2) is 4.98 Å². The van der Waals surface area contributed by atoms with Crippen LogP contribution < -0.4 is 5.32 Å². The van der Waals surface area contributed by atoms with Gasteiger partial charge >= 0.3 is 0 Å². The number of rotatable bonds is 0. The number of benzene rings is 1. The van der Waals surface area contributed by atoms with Gasteiger partial charge in [0, 0.05) is 12.2 Å². The lowest BCUT2D eigenvalue weighted by Crippen LogP contribution is -2.42. The summed E-state index contributed by atoms with van der Waals surface area (Å²) in [6, 6.07) is 5.21. The Bertz CT molecular complexity index is 620. The fourth-order valence-corrected chi connectivity index (χ4v) is 3.48. The normalized spacial score (nSPS) is 26.1. The average Bonchev–Trinajstić information content (AvgIpc) is 2.37. The summed E-state index contributed by atoms with van der Waals surface area (Å²) in [5.41, 5.74) is 6.11. The summed E-state index contributed by atoms with van der Waals surface area (Å²) < 4.78 is 0. The molecular weight excluding hydrogens is 222 g/mol. The lowest BCUT2D eigenvalue weighted by Gasteiger charge is -2.37. The topological polar surface area (TPSA) is 37.8 Å². The van der Waals surface area contributed by atoms with Crippen molar-refractivity contribution < 1.29 is 0 Å². The van der Waals surface area contributed by atoms with Gasteiger partial charge in [-0.1, -0.05) is 0 Å². The van der Waals surface area contributed by atoms with E-state index in [-0.39, 0.29) is 0 Å². The minimum atomic E-state index is 0.673. The van der Waals surface area contributed by atoms with Crippen molar-refractivity contribution in [3.63, 3.8) is 0 Å². The molecule has 1 aliphatic heterocycles. The molecule has 0 amide bonds. The first-order valence-electron chi connectivity index (χ1n) is 6.79. The van der Waals surface area contributed by atoms with Gasteiger partial charge in [0.25, 0.3) is 0 Å². The summed E-state index contributed by atoms with van der Waals surface area (Å²) in [6.45, 7) is 3.16. The summed E-state index contributed by atoms with van der Waals surface area (Å²) in [6.07, 6.45) is 5.56. The van der Waals surface area contributed by atoms with Crippen LogP contribution in [-0.2, 0) is 6.42 Å². The van der Waals surface area contributed by atoms with E-state index in [1.54, 1.807) is 0 Å². The molecule has 1 aromatic carbocycles.